The van der Waals surface area contributed by atoms with E-state index in [2.05, 4.69) is 17.0 Å². The normalized spacial score (nSPS) is 21.7. The number of rotatable bonds is 5. The fourth-order valence-corrected chi connectivity index (χ4v) is 2.72. The first-order valence-electron chi connectivity index (χ1n) is 8.27. The first-order valence-corrected chi connectivity index (χ1v) is 8.27. The second-order valence-corrected chi connectivity index (χ2v) is 6.97. The molecule has 1 aliphatic rings. The van der Waals surface area contributed by atoms with E-state index in [1.807, 2.05) is 32.4 Å². The van der Waals surface area contributed by atoms with Gasteiger partial charge in [0, 0.05) is 13.1 Å². The largest absolute Gasteiger partial charge is 0.444 e. The van der Waals surface area contributed by atoms with Crippen molar-refractivity contribution >= 4 is 6.09 Å². The van der Waals surface area contributed by atoms with Crippen LogP contribution in [0.25, 0.3) is 0 Å². The van der Waals surface area contributed by atoms with Gasteiger partial charge in [0.1, 0.15) is 18.5 Å². The van der Waals surface area contributed by atoms with E-state index in [0.717, 1.165) is 25.2 Å². The van der Waals surface area contributed by atoms with Gasteiger partial charge in [0.2, 0.25) is 0 Å². The third-order valence-electron chi connectivity index (χ3n) is 4.12. The van der Waals surface area contributed by atoms with Gasteiger partial charge in [0.05, 0.1) is 12.1 Å². The van der Waals surface area contributed by atoms with E-state index >= 15 is 0 Å². The van der Waals surface area contributed by atoms with Crippen molar-refractivity contribution < 1.29 is 14.3 Å². The molecule has 0 spiro atoms. The Balaban J connectivity index is 1.96. The van der Waals surface area contributed by atoms with Crippen molar-refractivity contribution in [1.82, 2.24) is 19.7 Å². The molecule has 2 heterocycles. The number of likely N-dealkylation sites (tertiary alicyclic amines) is 1. The van der Waals surface area contributed by atoms with Crippen LogP contribution in [0.3, 0.4) is 0 Å². The quantitative estimate of drug-likeness (QED) is 0.832. The predicted molar refractivity (Wildman–Crippen MR) is 85.9 cm³/mol. The van der Waals surface area contributed by atoms with E-state index in [4.69, 9.17) is 9.47 Å². The van der Waals surface area contributed by atoms with E-state index in [-0.39, 0.29) is 11.7 Å². The molecule has 1 aliphatic heterocycles. The molecule has 2 rings (SSSR count). The van der Waals surface area contributed by atoms with Gasteiger partial charge < -0.3 is 14.4 Å². The lowest BCUT2D eigenvalue weighted by molar-refractivity contribution is -0.0563. The lowest BCUT2D eigenvalue weighted by Gasteiger charge is -2.29. The van der Waals surface area contributed by atoms with Crippen LogP contribution in [0.15, 0.2) is 6.33 Å². The number of hydrogen-bond acceptors (Lipinski definition) is 5. The maximum atomic E-state index is 12.2. The van der Waals surface area contributed by atoms with Crippen molar-refractivity contribution in [3.63, 3.8) is 0 Å². The van der Waals surface area contributed by atoms with Gasteiger partial charge >= 0.3 is 6.09 Å². The maximum absolute atomic E-state index is 12.2. The first-order chi connectivity index (χ1) is 10.8. The standard InChI is InChI=1S/C16H28N4O3/c1-6-16(22-10-13-17-12-18-20(13)7-2)8-9-19(11-16)14(21)23-15(3,4)5/h12H,6-11H2,1-5H3. The molecule has 1 saturated heterocycles. The number of hydrogen-bond donors (Lipinski definition) is 0. The Morgan fingerprint density at radius 2 is 2.13 bits per heavy atom. The summed E-state index contributed by atoms with van der Waals surface area (Å²) in [6.45, 7) is 12.1. The molecule has 1 atom stereocenters. The minimum Gasteiger partial charge on any atom is -0.444 e. The Bertz CT molecular complexity index is 538. The van der Waals surface area contributed by atoms with Crippen molar-refractivity contribution in [3.8, 4) is 0 Å². The van der Waals surface area contributed by atoms with E-state index in [0.29, 0.717) is 19.7 Å². The van der Waals surface area contributed by atoms with Gasteiger partial charge in [-0.25, -0.2) is 14.5 Å². The van der Waals surface area contributed by atoms with Crippen molar-refractivity contribution in [2.45, 2.75) is 71.8 Å². The SMILES string of the molecule is CCn1ncnc1COC1(CC)CCN(C(=O)OC(C)(C)C)C1. The number of aromatic nitrogens is 3. The lowest BCUT2D eigenvalue weighted by atomic mass is 10.00. The minimum atomic E-state index is -0.479. The number of nitrogens with zero attached hydrogens (tertiary/aromatic N) is 4. The summed E-state index contributed by atoms with van der Waals surface area (Å²) in [6, 6.07) is 0. The van der Waals surface area contributed by atoms with Crippen LogP contribution in [0.4, 0.5) is 4.79 Å². The number of ether oxygens (including phenoxy) is 2. The Labute approximate surface area is 138 Å². The summed E-state index contributed by atoms with van der Waals surface area (Å²) in [5, 5.41) is 4.15. The van der Waals surface area contributed by atoms with Crippen molar-refractivity contribution in [2.75, 3.05) is 13.1 Å². The molecule has 0 radical (unpaired) electrons. The highest BCUT2D eigenvalue weighted by molar-refractivity contribution is 5.68. The van der Waals surface area contributed by atoms with Crippen LogP contribution < -0.4 is 0 Å². The zero-order chi connectivity index (χ0) is 17.1. The molecule has 23 heavy (non-hydrogen) atoms. The number of aryl methyl sites for hydroxylation is 1. The van der Waals surface area contributed by atoms with E-state index in [1.54, 1.807) is 11.2 Å². The van der Waals surface area contributed by atoms with Gasteiger partial charge in [0.15, 0.2) is 5.82 Å². The van der Waals surface area contributed by atoms with Gasteiger partial charge in [-0.15, -0.1) is 0 Å². The Morgan fingerprint density at radius 1 is 1.39 bits per heavy atom. The first kappa shape index (κ1) is 17.7. The van der Waals surface area contributed by atoms with Gasteiger partial charge in [-0.1, -0.05) is 6.92 Å². The van der Waals surface area contributed by atoms with Gasteiger partial charge in [-0.2, -0.15) is 5.10 Å². The molecule has 0 saturated carbocycles. The van der Waals surface area contributed by atoms with Crippen LogP contribution >= 0.6 is 0 Å². The summed E-state index contributed by atoms with van der Waals surface area (Å²) in [5.41, 5.74) is -0.811. The van der Waals surface area contributed by atoms with Gasteiger partial charge in [0.25, 0.3) is 0 Å². The Hall–Kier alpha value is -1.63. The van der Waals surface area contributed by atoms with Crippen LogP contribution in [0, 0.1) is 0 Å². The van der Waals surface area contributed by atoms with Crippen LogP contribution in [-0.4, -0.2) is 50.0 Å². The molecule has 0 aliphatic carbocycles. The molecule has 7 heteroatoms. The summed E-state index contributed by atoms with van der Waals surface area (Å²) in [5.74, 6) is 0.816. The molecule has 1 aromatic rings. The highest BCUT2D eigenvalue weighted by Gasteiger charge is 2.41. The summed E-state index contributed by atoms with van der Waals surface area (Å²) in [7, 11) is 0. The third kappa shape index (κ3) is 4.43. The molecule has 0 N–H and O–H groups in total. The molecule has 1 unspecified atom stereocenters. The van der Waals surface area contributed by atoms with E-state index < -0.39 is 5.60 Å². The molecule has 130 valence electrons. The maximum Gasteiger partial charge on any atom is 0.410 e. The average molecular weight is 324 g/mol. The molecular formula is C16H28N4O3. The van der Waals surface area contributed by atoms with Crippen molar-refractivity contribution in [3.05, 3.63) is 12.2 Å². The minimum absolute atomic E-state index is 0.270. The molecule has 0 aromatic carbocycles. The molecular weight excluding hydrogens is 296 g/mol. The van der Waals surface area contributed by atoms with Crippen LogP contribution in [-0.2, 0) is 22.6 Å². The topological polar surface area (TPSA) is 69.5 Å². The number of amides is 1. The Morgan fingerprint density at radius 3 is 2.74 bits per heavy atom. The van der Waals surface area contributed by atoms with Gasteiger partial charge in [-0.05, 0) is 40.5 Å². The van der Waals surface area contributed by atoms with Gasteiger partial charge in [-0.3, -0.25) is 0 Å². The van der Waals surface area contributed by atoms with E-state index in [9.17, 15) is 4.79 Å². The predicted octanol–water partition coefficient (Wildman–Crippen LogP) is 2.60. The highest BCUT2D eigenvalue weighted by atomic mass is 16.6. The summed E-state index contributed by atoms with van der Waals surface area (Å²) >= 11 is 0. The molecule has 0 bridgehead atoms. The molecule has 1 aromatic heterocycles. The summed E-state index contributed by atoms with van der Waals surface area (Å²) < 4.78 is 13.4. The smallest absolute Gasteiger partial charge is 0.410 e. The average Bonchev–Trinajstić information content (AvgIpc) is 3.10. The van der Waals surface area contributed by atoms with Crippen LogP contribution in [0.1, 0.15) is 53.3 Å². The molecule has 7 nitrogen and oxygen atoms in total. The second kappa shape index (κ2) is 6.86. The summed E-state index contributed by atoms with van der Waals surface area (Å²) in [4.78, 5) is 18.2. The Kier molecular flexibility index (Phi) is 5.29. The second-order valence-electron chi connectivity index (χ2n) is 6.97. The number of carbonyl (C=O) groups is 1. The summed E-state index contributed by atoms with van der Waals surface area (Å²) in [6.07, 6.45) is 2.92. The van der Waals surface area contributed by atoms with Crippen LogP contribution in [0.2, 0.25) is 0 Å². The van der Waals surface area contributed by atoms with Crippen LogP contribution in [0.5, 0.6) is 0 Å². The molecule has 1 amide bonds. The van der Waals surface area contributed by atoms with Crippen molar-refractivity contribution in [1.29, 1.82) is 0 Å². The van der Waals surface area contributed by atoms with Crippen molar-refractivity contribution in [2.24, 2.45) is 0 Å². The zero-order valence-electron chi connectivity index (χ0n) is 14.8. The fourth-order valence-electron chi connectivity index (χ4n) is 2.72. The third-order valence-corrected chi connectivity index (χ3v) is 4.12. The monoisotopic (exact) mass is 324 g/mol. The lowest BCUT2D eigenvalue weighted by Crippen LogP contribution is -2.40. The fraction of sp³-hybridized carbons (Fsp3) is 0.812. The number of carbonyl (C=O) groups excluding carboxylic acids is 1. The van der Waals surface area contributed by atoms with E-state index in [1.165, 1.54) is 0 Å². The molecule has 1 fully saturated rings. The highest BCUT2D eigenvalue weighted by Crippen LogP contribution is 2.30. The zero-order valence-corrected chi connectivity index (χ0v) is 14.8.